The van der Waals surface area contributed by atoms with Crippen molar-refractivity contribution in [3.8, 4) is 0 Å². The molecule has 11 nitrogen and oxygen atoms in total. The Balaban J connectivity index is 1.87. The van der Waals surface area contributed by atoms with Gasteiger partial charge in [0.25, 0.3) is 11.8 Å². The third-order valence-electron chi connectivity index (χ3n) is 7.35. The molecule has 2 atom stereocenters. The molecule has 1 N–H and O–H groups in total. The zero-order valence-electron chi connectivity index (χ0n) is 25.2. The number of hydrogen-bond acceptors (Lipinski definition) is 9. The summed E-state index contributed by atoms with van der Waals surface area (Å²) in [5, 5.41) is 8.59. The van der Waals surface area contributed by atoms with E-state index in [-0.39, 0.29) is 86.9 Å². The van der Waals surface area contributed by atoms with E-state index in [1.165, 1.54) is 0 Å². The Morgan fingerprint density at radius 3 is 1.95 bits per heavy atom. The lowest BCUT2D eigenvalue weighted by Gasteiger charge is -2.25. The predicted molar refractivity (Wildman–Crippen MR) is 158 cm³/mol. The van der Waals surface area contributed by atoms with Crippen LogP contribution in [0, 0.1) is 5.92 Å². The van der Waals surface area contributed by atoms with Gasteiger partial charge in [-0.2, -0.15) is 0 Å². The SMILES string of the molecule is CCCC[C@@H](C(=O)CCC(=O)CCC(=O)C[C@@H](Cc1ccccc1)C(=O)CCC(=O)CCOCC(=O)O)N1C(=O)C=CC1=O. The molecule has 1 aliphatic rings. The van der Waals surface area contributed by atoms with Crippen molar-refractivity contribution in [2.24, 2.45) is 5.92 Å². The number of carbonyl (C=O) groups excluding carboxylic acids is 7. The highest BCUT2D eigenvalue weighted by molar-refractivity contribution is 6.15. The molecule has 0 spiro atoms. The van der Waals surface area contributed by atoms with Crippen molar-refractivity contribution < 1.29 is 48.2 Å². The number of carbonyl (C=O) groups is 8. The van der Waals surface area contributed by atoms with Gasteiger partial charge in [0, 0.05) is 69.4 Å². The molecule has 0 bridgehead atoms. The number of Topliss-reactive ketones (excluding diaryl/α,β-unsaturated/α-hetero) is 5. The highest BCUT2D eigenvalue weighted by atomic mass is 16.5. The van der Waals surface area contributed by atoms with Gasteiger partial charge in [-0.3, -0.25) is 38.5 Å². The van der Waals surface area contributed by atoms with Crippen LogP contribution in [0.5, 0.6) is 0 Å². The summed E-state index contributed by atoms with van der Waals surface area (Å²) in [4.78, 5) is 99.1. The molecule has 0 unspecified atom stereocenters. The highest BCUT2D eigenvalue weighted by Crippen LogP contribution is 2.20. The number of amides is 2. The topological polar surface area (TPSA) is 169 Å². The normalized spacial score (nSPS) is 14.0. The van der Waals surface area contributed by atoms with E-state index < -0.39 is 36.4 Å². The lowest BCUT2D eigenvalue weighted by atomic mass is 9.87. The van der Waals surface area contributed by atoms with Crippen molar-refractivity contribution in [2.45, 2.75) is 90.0 Å². The number of rotatable bonds is 24. The van der Waals surface area contributed by atoms with Gasteiger partial charge in [-0.1, -0.05) is 50.1 Å². The molecule has 2 amide bonds. The summed E-state index contributed by atoms with van der Waals surface area (Å²) >= 11 is 0. The number of ether oxygens (including phenoxy) is 1. The fraction of sp³-hybridized carbons (Fsp3) is 0.515. The minimum Gasteiger partial charge on any atom is -0.480 e. The van der Waals surface area contributed by atoms with Crippen LogP contribution in [0.15, 0.2) is 42.5 Å². The van der Waals surface area contributed by atoms with E-state index >= 15 is 0 Å². The van der Waals surface area contributed by atoms with E-state index in [2.05, 4.69) is 0 Å². The van der Waals surface area contributed by atoms with Gasteiger partial charge in [0.05, 0.1) is 12.6 Å². The van der Waals surface area contributed by atoms with Gasteiger partial charge < -0.3 is 9.84 Å². The molecule has 11 heteroatoms. The van der Waals surface area contributed by atoms with Crippen molar-refractivity contribution >= 4 is 46.7 Å². The highest BCUT2D eigenvalue weighted by Gasteiger charge is 2.35. The number of unbranched alkanes of at least 4 members (excludes halogenated alkanes) is 1. The lowest BCUT2D eigenvalue weighted by molar-refractivity contribution is -0.145. The molecular formula is C33H41NO10. The Bertz CT molecular complexity index is 1220. The zero-order valence-corrected chi connectivity index (χ0v) is 25.2. The molecular weight excluding hydrogens is 570 g/mol. The number of hydrogen-bond donors (Lipinski definition) is 1. The second kappa shape index (κ2) is 19.2. The van der Waals surface area contributed by atoms with Gasteiger partial charge in [0.2, 0.25) is 0 Å². The Kier molecular flexibility index (Phi) is 15.8. The van der Waals surface area contributed by atoms with Crippen LogP contribution >= 0.6 is 0 Å². The summed E-state index contributed by atoms with van der Waals surface area (Å²) in [5.41, 5.74) is 0.851. The van der Waals surface area contributed by atoms with Gasteiger partial charge >= 0.3 is 5.97 Å². The molecule has 0 saturated heterocycles. The van der Waals surface area contributed by atoms with Crippen LogP contribution in [0.1, 0.15) is 83.1 Å². The fourth-order valence-corrected chi connectivity index (χ4v) is 4.90. The summed E-state index contributed by atoms with van der Waals surface area (Å²) in [7, 11) is 0. The number of benzene rings is 1. The molecule has 0 saturated carbocycles. The molecule has 1 aliphatic heterocycles. The Labute approximate surface area is 257 Å². The maximum Gasteiger partial charge on any atom is 0.329 e. The smallest absolute Gasteiger partial charge is 0.329 e. The maximum atomic E-state index is 13.0. The van der Waals surface area contributed by atoms with Crippen LogP contribution in [-0.2, 0) is 49.5 Å². The second-order valence-electron chi connectivity index (χ2n) is 10.9. The molecule has 0 aliphatic carbocycles. The minimum absolute atomic E-state index is 0.0195. The Morgan fingerprint density at radius 1 is 0.773 bits per heavy atom. The van der Waals surface area contributed by atoms with Crippen molar-refractivity contribution in [1.82, 2.24) is 4.90 Å². The molecule has 1 heterocycles. The van der Waals surface area contributed by atoms with Gasteiger partial charge in [0.15, 0.2) is 5.78 Å². The summed E-state index contributed by atoms with van der Waals surface area (Å²) in [5.74, 6) is -4.38. The third kappa shape index (κ3) is 13.0. The number of ketones is 5. The quantitative estimate of drug-likeness (QED) is 0.135. The standard InChI is InChI=1S/C33H41NO10/c1-2-3-9-28(34-31(40)16-17-32(34)41)30(39)15-13-25(35)10-11-27(37)21-24(20-23-7-5-4-6-8-23)29(38)14-12-26(36)18-19-44-22-33(42)43/h4-8,16-17,24,28H,2-3,9-15,18-22H2,1H3,(H,42,43)/t24-,28+/m1/s1. The summed E-state index contributed by atoms with van der Waals surface area (Å²) < 4.78 is 4.86. The fourth-order valence-electron chi connectivity index (χ4n) is 4.90. The number of nitrogens with zero attached hydrogens (tertiary/aromatic N) is 1. The lowest BCUT2D eigenvalue weighted by Crippen LogP contribution is -2.45. The van der Waals surface area contributed by atoms with Gasteiger partial charge in [0.1, 0.15) is 29.7 Å². The van der Waals surface area contributed by atoms with E-state index in [0.29, 0.717) is 19.3 Å². The first-order chi connectivity index (χ1) is 21.0. The van der Waals surface area contributed by atoms with Crippen molar-refractivity contribution in [1.29, 1.82) is 0 Å². The van der Waals surface area contributed by atoms with Crippen LogP contribution in [0.4, 0.5) is 0 Å². The van der Waals surface area contributed by atoms with E-state index in [0.717, 1.165) is 29.0 Å². The monoisotopic (exact) mass is 611 g/mol. The summed E-state index contributed by atoms with van der Waals surface area (Å²) in [6.07, 6.45) is 3.56. The number of carboxylic acid groups (broad SMARTS) is 1. The predicted octanol–water partition coefficient (Wildman–Crippen LogP) is 3.40. The van der Waals surface area contributed by atoms with Crippen LogP contribution in [-0.4, -0.2) is 76.0 Å². The van der Waals surface area contributed by atoms with Crippen LogP contribution in [0.2, 0.25) is 0 Å². The van der Waals surface area contributed by atoms with E-state index in [1.54, 1.807) is 0 Å². The first kappa shape index (κ1) is 36.1. The molecule has 238 valence electrons. The van der Waals surface area contributed by atoms with Crippen LogP contribution < -0.4 is 0 Å². The summed E-state index contributed by atoms with van der Waals surface area (Å²) in [6, 6.07) is 8.22. The Morgan fingerprint density at radius 2 is 1.34 bits per heavy atom. The van der Waals surface area contributed by atoms with E-state index in [1.807, 2.05) is 37.3 Å². The minimum atomic E-state index is -1.14. The summed E-state index contributed by atoms with van der Waals surface area (Å²) in [6.45, 7) is 1.36. The van der Waals surface area contributed by atoms with Crippen LogP contribution in [0.25, 0.3) is 0 Å². The molecule has 44 heavy (non-hydrogen) atoms. The first-order valence-electron chi connectivity index (χ1n) is 15.0. The van der Waals surface area contributed by atoms with E-state index in [4.69, 9.17) is 9.84 Å². The molecule has 1 aromatic rings. The van der Waals surface area contributed by atoms with Crippen LogP contribution in [0.3, 0.4) is 0 Å². The van der Waals surface area contributed by atoms with Crippen molar-refractivity contribution in [2.75, 3.05) is 13.2 Å². The molecule has 0 radical (unpaired) electrons. The zero-order chi connectivity index (χ0) is 32.5. The molecule has 2 rings (SSSR count). The van der Waals surface area contributed by atoms with Crippen molar-refractivity contribution in [3.63, 3.8) is 0 Å². The van der Waals surface area contributed by atoms with E-state index in [9.17, 15) is 38.4 Å². The molecule has 0 fully saturated rings. The average Bonchev–Trinajstić information content (AvgIpc) is 3.33. The maximum absolute atomic E-state index is 13.0. The second-order valence-corrected chi connectivity index (χ2v) is 10.9. The third-order valence-corrected chi connectivity index (χ3v) is 7.35. The first-order valence-corrected chi connectivity index (χ1v) is 15.0. The number of aliphatic carboxylic acids is 1. The molecule has 1 aromatic carbocycles. The average molecular weight is 612 g/mol. The van der Waals surface area contributed by atoms with Crippen molar-refractivity contribution in [3.05, 3.63) is 48.0 Å². The Hall–Kier alpha value is -4.12. The number of carboxylic acids is 1. The van der Waals surface area contributed by atoms with Gasteiger partial charge in [-0.15, -0.1) is 0 Å². The number of imide groups is 1. The van der Waals surface area contributed by atoms with Gasteiger partial charge in [-0.05, 0) is 18.4 Å². The largest absolute Gasteiger partial charge is 0.480 e. The molecule has 0 aromatic heterocycles. The van der Waals surface area contributed by atoms with Gasteiger partial charge in [-0.25, -0.2) is 4.79 Å².